The van der Waals surface area contributed by atoms with E-state index in [4.69, 9.17) is 5.14 Å². The molecule has 0 bridgehead atoms. The Bertz CT molecular complexity index is 761. The lowest BCUT2D eigenvalue weighted by molar-refractivity contribution is 0.600. The number of hydrogen-bond donors (Lipinski definition) is 3. The Labute approximate surface area is 163 Å². The average Bonchev–Trinajstić information content (AvgIpc) is 3.01. The predicted molar refractivity (Wildman–Crippen MR) is 109 cm³/mol. The first kappa shape index (κ1) is 20.9. The maximum Gasteiger partial charge on any atom is 0.247 e. The second-order valence-corrected chi connectivity index (χ2v) is 7.81. The van der Waals surface area contributed by atoms with Crippen molar-refractivity contribution < 1.29 is 8.42 Å². The van der Waals surface area contributed by atoms with Gasteiger partial charge in [0.2, 0.25) is 10.0 Å². The number of halogens is 1. The van der Waals surface area contributed by atoms with Gasteiger partial charge in [0.15, 0.2) is 5.96 Å². The van der Waals surface area contributed by atoms with Crippen LogP contribution in [-0.4, -0.2) is 28.0 Å². The molecule has 0 amide bonds. The lowest BCUT2D eigenvalue weighted by atomic mass is 10.1. The van der Waals surface area contributed by atoms with Crippen LogP contribution < -0.4 is 15.8 Å². The van der Waals surface area contributed by atoms with E-state index in [1.807, 2.05) is 18.2 Å². The topological polar surface area (TPSA) is 96.6 Å². The van der Waals surface area contributed by atoms with E-state index in [0.717, 1.165) is 29.2 Å². The molecule has 6 nitrogen and oxygen atoms in total. The van der Waals surface area contributed by atoms with E-state index < -0.39 is 10.0 Å². The van der Waals surface area contributed by atoms with Crippen LogP contribution in [0, 0.1) is 0 Å². The van der Waals surface area contributed by atoms with E-state index >= 15 is 0 Å². The molecule has 132 valence electrons. The molecule has 0 aliphatic carbocycles. The zero-order valence-electron chi connectivity index (χ0n) is 13.2. The molecule has 0 aliphatic heterocycles. The fourth-order valence-corrected chi connectivity index (χ4v) is 3.69. The minimum absolute atomic E-state index is 0. The third-order valence-electron chi connectivity index (χ3n) is 3.12. The van der Waals surface area contributed by atoms with E-state index in [1.54, 1.807) is 13.1 Å². The Kier molecular flexibility index (Phi) is 8.67. The molecule has 0 saturated carbocycles. The molecule has 0 spiro atoms. The molecule has 0 aliphatic rings. The fourth-order valence-electron chi connectivity index (χ4n) is 1.97. The van der Waals surface area contributed by atoms with Crippen molar-refractivity contribution in [2.24, 2.45) is 10.1 Å². The van der Waals surface area contributed by atoms with Crippen molar-refractivity contribution in [3.63, 3.8) is 0 Å². The molecule has 24 heavy (non-hydrogen) atoms. The van der Waals surface area contributed by atoms with Gasteiger partial charge in [-0.25, -0.2) is 13.6 Å². The quantitative estimate of drug-likeness (QED) is 0.335. The molecule has 4 N–H and O–H groups in total. The summed E-state index contributed by atoms with van der Waals surface area (Å²) in [6.45, 7) is 1.25. The molecule has 9 heteroatoms. The standard InChI is InChI=1S/C15H20N4O2S2.HI/c1-17-15(18-10-9-12-5-3-2-4-6-12)19-11-13-7-8-14(22-13)23(16,20)21;/h2-8H,9-11H2,1H3,(H2,16,20,21)(H2,17,18,19);1H. The maximum absolute atomic E-state index is 11.2. The smallest absolute Gasteiger partial charge is 0.247 e. The van der Waals surface area contributed by atoms with Crippen molar-refractivity contribution in [3.05, 3.63) is 52.9 Å². The van der Waals surface area contributed by atoms with Gasteiger partial charge in [0.25, 0.3) is 0 Å². The molecule has 0 fully saturated rings. The van der Waals surface area contributed by atoms with E-state index in [0.29, 0.717) is 12.5 Å². The number of nitrogens with zero attached hydrogens (tertiary/aromatic N) is 1. The Morgan fingerprint density at radius 2 is 1.88 bits per heavy atom. The number of rotatable bonds is 6. The third kappa shape index (κ3) is 6.75. The summed E-state index contributed by atoms with van der Waals surface area (Å²) < 4.78 is 22.7. The number of thiophene rings is 1. The summed E-state index contributed by atoms with van der Waals surface area (Å²) in [5, 5.41) is 11.5. The van der Waals surface area contributed by atoms with Gasteiger partial charge in [0, 0.05) is 18.5 Å². The van der Waals surface area contributed by atoms with Crippen molar-refractivity contribution >= 4 is 51.3 Å². The van der Waals surface area contributed by atoms with Crippen LogP contribution in [0.3, 0.4) is 0 Å². The second-order valence-electron chi connectivity index (χ2n) is 4.85. The van der Waals surface area contributed by atoms with E-state index in [9.17, 15) is 8.42 Å². The molecule has 0 radical (unpaired) electrons. The molecule has 2 rings (SSSR count). The van der Waals surface area contributed by atoms with Crippen molar-refractivity contribution in [2.75, 3.05) is 13.6 Å². The lowest BCUT2D eigenvalue weighted by Gasteiger charge is -2.11. The van der Waals surface area contributed by atoms with Crippen LogP contribution in [0.1, 0.15) is 10.4 Å². The van der Waals surface area contributed by atoms with Crippen molar-refractivity contribution in [1.29, 1.82) is 0 Å². The van der Waals surface area contributed by atoms with Gasteiger partial charge in [-0.15, -0.1) is 35.3 Å². The highest BCUT2D eigenvalue weighted by Crippen LogP contribution is 2.19. The summed E-state index contributed by atoms with van der Waals surface area (Å²) in [4.78, 5) is 5.02. The number of sulfonamides is 1. The highest BCUT2D eigenvalue weighted by molar-refractivity contribution is 14.0. The van der Waals surface area contributed by atoms with Gasteiger partial charge in [-0.3, -0.25) is 4.99 Å². The number of guanidine groups is 1. The van der Waals surface area contributed by atoms with Crippen molar-refractivity contribution in [2.45, 2.75) is 17.2 Å². The first-order valence-corrected chi connectivity index (χ1v) is 9.45. The molecule has 1 aromatic carbocycles. The molecule has 0 unspecified atom stereocenters. The number of nitrogens with two attached hydrogens (primary N) is 1. The maximum atomic E-state index is 11.2. The van der Waals surface area contributed by atoms with Crippen LogP contribution in [0.2, 0.25) is 0 Å². The van der Waals surface area contributed by atoms with Crippen molar-refractivity contribution in [1.82, 2.24) is 10.6 Å². The first-order chi connectivity index (χ1) is 11.0. The van der Waals surface area contributed by atoms with Crippen LogP contribution in [0.15, 0.2) is 51.7 Å². The van der Waals surface area contributed by atoms with Crippen LogP contribution in [0.25, 0.3) is 0 Å². The molecule has 1 heterocycles. The van der Waals surface area contributed by atoms with Crippen LogP contribution in [-0.2, 0) is 23.0 Å². The van der Waals surface area contributed by atoms with E-state index in [-0.39, 0.29) is 28.2 Å². The van der Waals surface area contributed by atoms with E-state index in [1.165, 1.54) is 11.6 Å². The van der Waals surface area contributed by atoms with Crippen LogP contribution in [0.5, 0.6) is 0 Å². The summed E-state index contributed by atoms with van der Waals surface area (Å²) in [6, 6.07) is 13.5. The summed E-state index contributed by atoms with van der Waals surface area (Å²) in [5.41, 5.74) is 1.26. The highest BCUT2D eigenvalue weighted by atomic mass is 127. The normalized spacial score (nSPS) is 11.7. The third-order valence-corrected chi connectivity index (χ3v) is 5.64. The van der Waals surface area contributed by atoms with Crippen LogP contribution >= 0.6 is 35.3 Å². The number of primary sulfonamides is 1. The Balaban J connectivity index is 0.00000288. The summed E-state index contributed by atoms with van der Waals surface area (Å²) in [7, 11) is -1.93. The summed E-state index contributed by atoms with van der Waals surface area (Å²) >= 11 is 1.15. The second kappa shape index (κ2) is 9.97. The van der Waals surface area contributed by atoms with E-state index in [2.05, 4.69) is 27.8 Å². The Hall–Kier alpha value is -1.17. The van der Waals surface area contributed by atoms with Crippen LogP contribution in [0.4, 0.5) is 0 Å². The van der Waals surface area contributed by atoms with Gasteiger partial charge in [0.05, 0.1) is 6.54 Å². The minimum Gasteiger partial charge on any atom is -0.356 e. The summed E-state index contributed by atoms with van der Waals surface area (Å²) in [6.07, 6.45) is 0.899. The molecule has 1 aromatic heterocycles. The Morgan fingerprint density at radius 1 is 1.17 bits per heavy atom. The number of hydrogen-bond acceptors (Lipinski definition) is 4. The van der Waals surface area contributed by atoms with Gasteiger partial charge < -0.3 is 10.6 Å². The molecule has 0 atom stereocenters. The largest absolute Gasteiger partial charge is 0.356 e. The van der Waals surface area contributed by atoms with Gasteiger partial charge in [0.1, 0.15) is 4.21 Å². The van der Waals surface area contributed by atoms with Gasteiger partial charge in [-0.2, -0.15) is 0 Å². The number of nitrogens with one attached hydrogen (secondary N) is 2. The number of aliphatic imine (C=N–C) groups is 1. The molecular formula is C15H21IN4O2S2. The fraction of sp³-hybridized carbons (Fsp3) is 0.267. The SMILES string of the molecule is CN=C(NCCc1ccccc1)NCc1ccc(S(N)(=O)=O)s1.I. The monoisotopic (exact) mass is 480 g/mol. The molecular weight excluding hydrogens is 459 g/mol. The first-order valence-electron chi connectivity index (χ1n) is 7.09. The molecule has 2 aromatic rings. The zero-order valence-corrected chi connectivity index (χ0v) is 17.2. The van der Waals surface area contributed by atoms with Crippen molar-refractivity contribution in [3.8, 4) is 0 Å². The average molecular weight is 480 g/mol. The zero-order chi connectivity index (χ0) is 16.7. The molecule has 0 saturated heterocycles. The predicted octanol–water partition coefficient (Wildman–Crippen LogP) is 1.92. The summed E-state index contributed by atoms with van der Waals surface area (Å²) in [5.74, 6) is 0.673. The van der Waals surface area contributed by atoms with Gasteiger partial charge in [-0.1, -0.05) is 30.3 Å². The number of benzene rings is 1. The highest BCUT2D eigenvalue weighted by Gasteiger charge is 2.11. The van der Waals surface area contributed by atoms with Gasteiger partial charge in [-0.05, 0) is 24.1 Å². The van der Waals surface area contributed by atoms with Gasteiger partial charge >= 0.3 is 0 Å². The Morgan fingerprint density at radius 3 is 2.46 bits per heavy atom. The lowest BCUT2D eigenvalue weighted by Crippen LogP contribution is -2.37. The minimum atomic E-state index is -3.63.